The quantitative estimate of drug-likeness (QED) is 0.132. The molecule has 5 aliphatic rings. The van der Waals surface area contributed by atoms with Gasteiger partial charge in [0.15, 0.2) is 0 Å². The molecule has 508 valence electrons. The molecule has 99 heavy (non-hydrogen) atoms. The van der Waals surface area contributed by atoms with Gasteiger partial charge >= 0.3 is 0 Å². The average Bonchev–Trinajstić information content (AvgIpc) is 1.27. The predicted molar refractivity (Wildman–Crippen MR) is 426 cm³/mol. The zero-order chi connectivity index (χ0) is 70.0. The molecule has 0 bridgehead atoms. The molecule has 0 aliphatic carbocycles. The standard InChI is InChI=1S/C23H30N2.C21H20N2.C17H18N2.C16H18N2.C12H16N2/c1-16(2)20-11-9-12-21(17(3)4)23(20)25-15-14-24(19(25)6)22-13-8-7-10-18(22)5;1-16-10-6-7-13-19(16)23-17(2)22(18-11-4-3-5-12-18)20-14-8-9-15-21(20)23;1-14-8-6-7-11-17(14)19-13-12-18(15(19)2)16-9-4-3-5-10-16;1-12-8-4-5-9-14(12)18-13(2)17(3)15-10-6-7-11-16(15)18;1-10-6-4-5-7-12(10)14-9-8-13(3)11(14)2/h7-17,19H,1-6H3;3-15,17H,1-2H3;3-13,15H,1-2H3;4-11,13H,1-3H3;4-9,11H,1-3H3/t19-;17-;15-;13-;11-/m10000/s1. The summed E-state index contributed by atoms with van der Waals surface area (Å²) in [7, 11) is 4.25. The molecular weight excluding hydrogens is 1210 g/mol. The van der Waals surface area contributed by atoms with E-state index in [1.165, 1.54) is 107 Å². The van der Waals surface area contributed by atoms with Crippen LogP contribution in [0.4, 0.5) is 68.2 Å². The molecule has 0 unspecified atom stereocenters. The molecule has 10 aromatic rings. The van der Waals surface area contributed by atoms with Gasteiger partial charge in [-0.1, -0.05) is 198 Å². The van der Waals surface area contributed by atoms with E-state index >= 15 is 0 Å². The van der Waals surface area contributed by atoms with Gasteiger partial charge in [-0.05, 0) is 199 Å². The van der Waals surface area contributed by atoms with Gasteiger partial charge in [-0.15, -0.1) is 0 Å². The molecule has 0 spiro atoms. The van der Waals surface area contributed by atoms with Crippen molar-refractivity contribution in [3.63, 3.8) is 0 Å². The minimum absolute atomic E-state index is 0.232. The fourth-order valence-corrected chi connectivity index (χ4v) is 14.3. The Hall–Kier alpha value is -10.6. The molecule has 5 aliphatic heterocycles. The van der Waals surface area contributed by atoms with Crippen LogP contribution >= 0.6 is 0 Å². The van der Waals surface area contributed by atoms with Crippen LogP contribution in [0.5, 0.6) is 0 Å². The molecule has 10 nitrogen and oxygen atoms in total. The first-order chi connectivity index (χ1) is 47.9. The summed E-state index contributed by atoms with van der Waals surface area (Å²) in [5.74, 6) is 1.00. The third kappa shape index (κ3) is 14.8. The van der Waals surface area contributed by atoms with Crippen molar-refractivity contribution in [1.29, 1.82) is 0 Å². The lowest BCUT2D eigenvalue weighted by Gasteiger charge is -2.34. The maximum Gasteiger partial charge on any atom is 0.108 e. The first-order valence-corrected chi connectivity index (χ1v) is 35.3. The minimum atomic E-state index is 0.232. The van der Waals surface area contributed by atoms with Gasteiger partial charge in [0.1, 0.15) is 30.8 Å². The van der Waals surface area contributed by atoms with E-state index in [2.05, 4.69) is 440 Å². The molecule has 0 saturated carbocycles. The van der Waals surface area contributed by atoms with Crippen molar-refractivity contribution in [3.05, 3.63) is 325 Å². The molecule has 0 amide bonds. The van der Waals surface area contributed by atoms with Gasteiger partial charge in [-0.25, -0.2) is 0 Å². The highest BCUT2D eigenvalue weighted by atomic mass is 15.4. The van der Waals surface area contributed by atoms with Crippen molar-refractivity contribution in [3.8, 4) is 0 Å². The average molecular weight is 1310 g/mol. The summed E-state index contributed by atoms with van der Waals surface area (Å²) in [4.78, 5) is 23.5. The van der Waals surface area contributed by atoms with Crippen molar-refractivity contribution in [2.24, 2.45) is 0 Å². The van der Waals surface area contributed by atoms with E-state index < -0.39 is 0 Å². The van der Waals surface area contributed by atoms with E-state index in [4.69, 9.17) is 0 Å². The number of aryl methyl sites for hydroxylation is 5. The zero-order valence-corrected chi connectivity index (χ0v) is 61.1. The number of hydrogen-bond acceptors (Lipinski definition) is 10. The lowest BCUT2D eigenvalue weighted by Crippen LogP contribution is -2.37. The fourth-order valence-electron chi connectivity index (χ4n) is 14.3. The number of anilines is 12. The summed E-state index contributed by atoms with van der Waals surface area (Å²) in [6, 6.07) is 87.8. The van der Waals surface area contributed by atoms with Crippen LogP contribution in [-0.4, -0.2) is 49.8 Å². The summed E-state index contributed by atoms with van der Waals surface area (Å²) in [6.07, 6.45) is 14.5. The number of benzene rings is 10. The van der Waals surface area contributed by atoms with Crippen LogP contribution in [-0.2, 0) is 0 Å². The normalized spacial score (nSPS) is 17.9. The highest BCUT2D eigenvalue weighted by Crippen LogP contribution is 2.49. The van der Waals surface area contributed by atoms with Crippen LogP contribution in [0.3, 0.4) is 0 Å². The van der Waals surface area contributed by atoms with Crippen LogP contribution in [0.25, 0.3) is 0 Å². The first kappa shape index (κ1) is 69.8. The second-order valence-electron chi connectivity index (χ2n) is 27.2. The van der Waals surface area contributed by atoms with Crippen LogP contribution in [0, 0.1) is 34.6 Å². The Morgan fingerprint density at radius 1 is 0.242 bits per heavy atom. The smallest absolute Gasteiger partial charge is 0.108 e. The predicted octanol–water partition coefficient (Wildman–Crippen LogP) is 22.6. The Morgan fingerprint density at radius 3 is 0.949 bits per heavy atom. The zero-order valence-electron chi connectivity index (χ0n) is 61.1. The van der Waals surface area contributed by atoms with Crippen molar-refractivity contribution in [2.75, 3.05) is 58.2 Å². The van der Waals surface area contributed by atoms with Gasteiger partial charge < -0.3 is 49.0 Å². The third-order valence-electron chi connectivity index (χ3n) is 20.1. The first-order valence-electron chi connectivity index (χ1n) is 35.3. The van der Waals surface area contributed by atoms with Crippen molar-refractivity contribution < 1.29 is 0 Å². The van der Waals surface area contributed by atoms with Crippen molar-refractivity contribution in [2.45, 2.75) is 140 Å². The number of rotatable bonds is 10. The molecule has 0 fully saturated rings. The Labute approximate surface area is 592 Å². The van der Waals surface area contributed by atoms with E-state index in [0.29, 0.717) is 30.3 Å². The lowest BCUT2D eigenvalue weighted by atomic mass is 9.92. The number of fused-ring (bicyclic) bond motifs is 2. The third-order valence-corrected chi connectivity index (χ3v) is 20.1. The second kappa shape index (κ2) is 31.3. The molecule has 5 atom stereocenters. The molecular formula is C89H102N10. The van der Waals surface area contributed by atoms with Crippen molar-refractivity contribution >= 4 is 68.2 Å². The second-order valence-corrected chi connectivity index (χ2v) is 27.2. The van der Waals surface area contributed by atoms with Gasteiger partial charge in [-0.2, -0.15) is 0 Å². The van der Waals surface area contributed by atoms with Crippen LogP contribution in [0.2, 0.25) is 0 Å². The van der Waals surface area contributed by atoms with Gasteiger partial charge in [-0.3, -0.25) is 0 Å². The Morgan fingerprint density at radius 2 is 0.545 bits per heavy atom. The Bertz CT molecular complexity index is 4380. The van der Waals surface area contributed by atoms with E-state index in [0.717, 1.165) is 0 Å². The molecule has 10 heteroatoms. The van der Waals surface area contributed by atoms with Crippen LogP contribution < -0.4 is 44.1 Å². The highest BCUT2D eigenvalue weighted by Gasteiger charge is 2.36. The van der Waals surface area contributed by atoms with E-state index in [1.807, 2.05) is 6.07 Å². The monoisotopic (exact) mass is 1310 g/mol. The lowest BCUT2D eigenvalue weighted by molar-refractivity contribution is 0.383. The summed E-state index contributed by atoms with van der Waals surface area (Å²) >= 11 is 0. The van der Waals surface area contributed by atoms with Crippen molar-refractivity contribution in [1.82, 2.24) is 4.90 Å². The van der Waals surface area contributed by atoms with Gasteiger partial charge in [0, 0.05) is 96.8 Å². The maximum atomic E-state index is 2.44. The largest absolute Gasteiger partial charge is 0.359 e. The molecule has 5 heterocycles. The van der Waals surface area contributed by atoms with Gasteiger partial charge in [0.25, 0.3) is 0 Å². The molecule has 0 aromatic heterocycles. The van der Waals surface area contributed by atoms with Gasteiger partial charge in [0.2, 0.25) is 0 Å². The summed E-state index contributed by atoms with van der Waals surface area (Å²) < 4.78 is 0. The SMILES string of the molecule is Cc1ccccc1N1C=CN(C)[C@@H]1C.Cc1ccccc1N1C=CN(c2c(C(C)C)cccc2C(C)C)[C@@H]1C.Cc1ccccc1N1C=CN(c2ccccc2)[C@@H]1C.Cc1ccccc1N1c2ccccc2N(C)[C@@H]1C.Cc1ccccc1N1c2ccccc2N(c2ccccc2)[C@@H]1C. The molecule has 15 rings (SSSR count). The number of hydrogen-bond donors (Lipinski definition) is 0. The van der Waals surface area contributed by atoms with E-state index in [9.17, 15) is 0 Å². The molecule has 0 saturated heterocycles. The van der Waals surface area contributed by atoms with Gasteiger partial charge in [0.05, 0.1) is 22.7 Å². The topological polar surface area (TPSA) is 32.4 Å². The van der Waals surface area contributed by atoms with Crippen LogP contribution in [0.15, 0.2) is 286 Å². The summed E-state index contributed by atoms with van der Waals surface area (Å²) in [6.45, 7) is 31.2. The Balaban J connectivity index is 0.000000127. The van der Waals surface area contributed by atoms with E-state index in [-0.39, 0.29) is 12.3 Å². The number of para-hydroxylation sites is 12. The molecule has 0 radical (unpaired) electrons. The van der Waals surface area contributed by atoms with Crippen LogP contribution in [0.1, 0.15) is 113 Å². The van der Waals surface area contributed by atoms with E-state index in [1.54, 1.807) is 0 Å². The highest BCUT2D eigenvalue weighted by molar-refractivity contribution is 5.89. The maximum absolute atomic E-state index is 2.44. The Kier molecular flexibility index (Phi) is 22.1. The molecule has 10 aromatic carbocycles. The summed E-state index contributed by atoms with van der Waals surface area (Å²) in [5.41, 5.74) is 24.7. The minimum Gasteiger partial charge on any atom is -0.359 e. The number of nitrogens with zero attached hydrogens (tertiary/aromatic N) is 10. The summed E-state index contributed by atoms with van der Waals surface area (Å²) in [5, 5.41) is 0. The molecule has 0 N–H and O–H groups in total. The fraction of sp³-hybridized carbons (Fsp3) is 0.258.